The lowest BCUT2D eigenvalue weighted by Gasteiger charge is -2.33. The number of anilines is 1. The molecule has 9 heteroatoms. The number of rotatable bonds is 9. The van der Waals surface area contributed by atoms with E-state index in [4.69, 9.17) is 14.2 Å². The van der Waals surface area contributed by atoms with E-state index < -0.39 is 17.9 Å². The van der Waals surface area contributed by atoms with Crippen molar-refractivity contribution in [2.45, 2.75) is 19.5 Å². The maximum absolute atomic E-state index is 13.1. The van der Waals surface area contributed by atoms with Crippen LogP contribution in [-0.2, 0) is 16.1 Å². The average molecular weight is 493 g/mol. The van der Waals surface area contributed by atoms with Gasteiger partial charge in [0.1, 0.15) is 29.1 Å². The normalized spacial score (nSPS) is 13.3. The minimum absolute atomic E-state index is 0.176. The van der Waals surface area contributed by atoms with Gasteiger partial charge in [-0.2, -0.15) is 0 Å². The number of halogens is 1. The third-order valence-corrected chi connectivity index (χ3v) is 5.72. The van der Waals surface area contributed by atoms with Crippen molar-refractivity contribution in [3.8, 4) is 17.2 Å². The van der Waals surface area contributed by atoms with E-state index in [9.17, 15) is 18.8 Å². The number of carbonyl (C=O) groups is 3. The number of hydrogen-bond acceptors (Lipinski definition) is 6. The highest BCUT2D eigenvalue weighted by molar-refractivity contribution is 6.05. The number of ketones is 1. The van der Waals surface area contributed by atoms with Crippen LogP contribution in [-0.4, -0.2) is 44.0 Å². The zero-order valence-electron chi connectivity index (χ0n) is 19.8. The molecule has 0 saturated heterocycles. The summed E-state index contributed by atoms with van der Waals surface area (Å²) in [4.78, 5) is 39.7. The Bertz CT molecular complexity index is 1280. The number of nitrogens with zero attached hydrogens (tertiary/aromatic N) is 1. The third-order valence-electron chi connectivity index (χ3n) is 5.72. The Kier molecular flexibility index (Phi) is 7.48. The Morgan fingerprint density at radius 3 is 2.58 bits per heavy atom. The lowest BCUT2D eigenvalue weighted by Crippen LogP contribution is -2.51. The molecule has 0 saturated carbocycles. The van der Waals surface area contributed by atoms with Crippen LogP contribution in [0.25, 0.3) is 0 Å². The van der Waals surface area contributed by atoms with Crippen LogP contribution < -0.4 is 24.4 Å². The van der Waals surface area contributed by atoms with Crippen molar-refractivity contribution in [3.05, 3.63) is 83.7 Å². The Morgan fingerprint density at radius 2 is 1.83 bits per heavy atom. The number of nitrogens with one attached hydrogen (secondary N) is 1. The van der Waals surface area contributed by atoms with E-state index in [1.165, 1.54) is 30.2 Å². The second-order valence-electron chi connectivity index (χ2n) is 8.15. The van der Waals surface area contributed by atoms with Crippen molar-refractivity contribution >= 4 is 23.3 Å². The van der Waals surface area contributed by atoms with Gasteiger partial charge in [-0.3, -0.25) is 19.3 Å². The molecule has 0 radical (unpaired) electrons. The molecule has 1 unspecified atom stereocenters. The third kappa shape index (κ3) is 5.63. The van der Waals surface area contributed by atoms with Gasteiger partial charge in [-0.05, 0) is 55.0 Å². The molecule has 2 amide bonds. The first kappa shape index (κ1) is 24.7. The van der Waals surface area contributed by atoms with Gasteiger partial charge in [-0.15, -0.1) is 0 Å². The molecule has 1 heterocycles. The molecule has 0 bridgehead atoms. The van der Waals surface area contributed by atoms with Gasteiger partial charge in [0.2, 0.25) is 5.91 Å². The Labute approximate surface area is 207 Å². The maximum Gasteiger partial charge on any atom is 0.265 e. The molecule has 3 aromatic carbocycles. The van der Waals surface area contributed by atoms with Crippen LogP contribution in [0.3, 0.4) is 0 Å². The summed E-state index contributed by atoms with van der Waals surface area (Å²) < 4.78 is 29.4. The second-order valence-corrected chi connectivity index (χ2v) is 8.15. The van der Waals surface area contributed by atoms with Crippen molar-refractivity contribution < 1.29 is 33.0 Å². The summed E-state index contributed by atoms with van der Waals surface area (Å²) in [7, 11) is 1.54. The molecule has 1 aliphatic rings. The monoisotopic (exact) mass is 492 g/mol. The molecule has 0 spiro atoms. The Morgan fingerprint density at radius 1 is 1.08 bits per heavy atom. The molecule has 1 N–H and O–H groups in total. The van der Waals surface area contributed by atoms with Gasteiger partial charge >= 0.3 is 0 Å². The predicted octanol–water partition coefficient (Wildman–Crippen LogP) is 3.53. The summed E-state index contributed by atoms with van der Waals surface area (Å²) in [5, 5.41) is 2.76. The van der Waals surface area contributed by atoms with E-state index in [0.717, 1.165) is 5.56 Å². The van der Waals surface area contributed by atoms with Crippen molar-refractivity contribution in [1.82, 2.24) is 5.32 Å². The molecular formula is C27H25FN2O6. The van der Waals surface area contributed by atoms with Crippen LogP contribution in [0.2, 0.25) is 0 Å². The molecule has 1 atom stereocenters. The molecule has 0 fully saturated rings. The van der Waals surface area contributed by atoms with Gasteiger partial charge < -0.3 is 19.5 Å². The van der Waals surface area contributed by atoms with Crippen LogP contribution in [0.15, 0.2) is 66.7 Å². The van der Waals surface area contributed by atoms with Crippen LogP contribution in [0.4, 0.5) is 10.1 Å². The molecule has 186 valence electrons. The highest BCUT2D eigenvalue weighted by Crippen LogP contribution is 2.34. The van der Waals surface area contributed by atoms with E-state index in [1.54, 1.807) is 55.5 Å². The standard InChI is InChI=1S/C27H25FN2O6/c1-17(27(33)29-14-18-6-9-20(28)10-7-18)30-23-12-19(8-11-25(23)36-16-26(30)32)24(31)15-35-22-5-3-4-21(13-22)34-2/h3-13,17H,14-16H2,1-2H3,(H,29,33). The number of benzene rings is 3. The number of carbonyl (C=O) groups excluding carboxylic acids is 3. The lowest BCUT2D eigenvalue weighted by atomic mass is 10.1. The Hall–Kier alpha value is -4.40. The zero-order valence-corrected chi connectivity index (χ0v) is 19.8. The van der Waals surface area contributed by atoms with Gasteiger partial charge in [0.05, 0.1) is 12.8 Å². The number of amides is 2. The van der Waals surface area contributed by atoms with Crippen LogP contribution in [0, 0.1) is 5.82 Å². The van der Waals surface area contributed by atoms with Gasteiger partial charge in [-0.25, -0.2) is 4.39 Å². The summed E-state index contributed by atoms with van der Waals surface area (Å²) in [6.07, 6.45) is 0. The van der Waals surface area contributed by atoms with Crippen molar-refractivity contribution in [2.24, 2.45) is 0 Å². The molecule has 0 aliphatic carbocycles. The minimum atomic E-state index is -0.876. The SMILES string of the molecule is COc1cccc(OCC(=O)c2ccc3c(c2)N(C(C)C(=O)NCc2ccc(F)cc2)C(=O)CO3)c1. The van der Waals surface area contributed by atoms with Gasteiger partial charge in [-0.1, -0.05) is 18.2 Å². The van der Waals surface area contributed by atoms with Crippen LogP contribution in [0.5, 0.6) is 17.2 Å². The summed E-state index contributed by atoms with van der Waals surface area (Å²) >= 11 is 0. The Balaban J connectivity index is 1.47. The van der Waals surface area contributed by atoms with Crippen LogP contribution >= 0.6 is 0 Å². The number of methoxy groups -OCH3 is 1. The zero-order chi connectivity index (χ0) is 25.7. The van der Waals surface area contributed by atoms with E-state index in [2.05, 4.69) is 5.32 Å². The summed E-state index contributed by atoms with van der Waals surface area (Å²) in [6.45, 7) is 1.31. The smallest absolute Gasteiger partial charge is 0.265 e. The van der Waals surface area contributed by atoms with E-state index in [-0.39, 0.29) is 31.4 Å². The van der Waals surface area contributed by atoms with Crippen LogP contribution in [0.1, 0.15) is 22.8 Å². The van der Waals surface area contributed by atoms with Gasteiger partial charge in [0.25, 0.3) is 5.91 Å². The molecule has 0 aromatic heterocycles. The minimum Gasteiger partial charge on any atom is -0.497 e. The summed E-state index contributed by atoms with van der Waals surface area (Å²) in [6, 6.07) is 16.5. The first-order valence-corrected chi connectivity index (χ1v) is 11.3. The number of fused-ring (bicyclic) bond motifs is 1. The van der Waals surface area contributed by atoms with Crippen molar-refractivity contribution in [1.29, 1.82) is 0 Å². The fourth-order valence-corrected chi connectivity index (χ4v) is 3.75. The first-order chi connectivity index (χ1) is 17.4. The van der Waals surface area contributed by atoms with E-state index >= 15 is 0 Å². The number of hydrogen-bond donors (Lipinski definition) is 1. The summed E-state index contributed by atoms with van der Waals surface area (Å²) in [5.74, 6) is -0.0278. The predicted molar refractivity (Wildman–Crippen MR) is 130 cm³/mol. The largest absolute Gasteiger partial charge is 0.497 e. The molecule has 1 aliphatic heterocycles. The van der Waals surface area contributed by atoms with Crippen molar-refractivity contribution in [2.75, 3.05) is 25.2 Å². The highest BCUT2D eigenvalue weighted by atomic mass is 19.1. The second kappa shape index (κ2) is 10.9. The number of ether oxygens (including phenoxy) is 3. The highest BCUT2D eigenvalue weighted by Gasteiger charge is 2.33. The van der Waals surface area contributed by atoms with Gasteiger partial charge in [0, 0.05) is 18.2 Å². The van der Waals surface area contributed by atoms with E-state index in [0.29, 0.717) is 28.5 Å². The lowest BCUT2D eigenvalue weighted by molar-refractivity contribution is -0.127. The molecule has 8 nitrogen and oxygen atoms in total. The van der Waals surface area contributed by atoms with E-state index in [1.807, 2.05) is 0 Å². The quantitative estimate of drug-likeness (QED) is 0.460. The molecular weight excluding hydrogens is 467 g/mol. The molecule has 3 aromatic rings. The molecule has 36 heavy (non-hydrogen) atoms. The first-order valence-electron chi connectivity index (χ1n) is 11.3. The van der Waals surface area contributed by atoms with Crippen molar-refractivity contribution in [3.63, 3.8) is 0 Å². The average Bonchev–Trinajstić information content (AvgIpc) is 2.90. The fraction of sp³-hybridized carbons (Fsp3) is 0.222. The number of Topliss-reactive ketones (excluding diaryl/α,β-unsaturated/α-hetero) is 1. The molecule has 4 rings (SSSR count). The maximum atomic E-state index is 13.1. The summed E-state index contributed by atoms with van der Waals surface area (Å²) in [5.41, 5.74) is 1.34. The fourth-order valence-electron chi connectivity index (χ4n) is 3.75. The topological polar surface area (TPSA) is 94.2 Å². The van der Waals surface area contributed by atoms with Gasteiger partial charge in [0.15, 0.2) is 19.0 Å².